The Morgan fingerprint density at radius 3 is 2.77 bits per heavy atom. The van der Waals surface area contributed by atoms with Crippen molar-refractivity contribution >= 4 is 40.8 Å². The Morgan fingerprint density at radius 2 is 2.05 bits per heavy atom. The van der Waals surface area contributed by atoms with Gasteiger partial charge < -0.3 is 5.32 Å². The molecule has 2 N–H and O–H groups in total. The summed E-state index contributed by atoms with van der Waals surface area (Å²) in [6.07, 6.45) is 1.22. The van der Waals surface area contributed by atoms with Crippen LogP contribution in [0.4, 0.5) is 14.5 Å². The van der Waals surface area contributed by atoms with E-state index in [2.05, 4.69) is 15.8 Å². The molecule has 2 rings (SSSR count). The molecule has 0 saturated carbocycles. The van der Waals surface area contributed by atoms with Crippen molar-refractivity contribution < 1.29 is 8.78 Å². The van der Waals surface area contributed by atoms with Gasteiger partial charge in [0.25, 0.3) is 0 Å². The molecule has 0 heterocycles. The average Bonchev–Trinajstić information content (AvgIpc) is 2.46. The van der Waals surface area contributed by atoms with E-state index in [1.165, 1.54) is 12.3 Å². The van der Waals surface area contributed by atoms with E-state index in [-0.39, 0.29) is 10.7 Å². The first-order valence-corrected chi connectivity index (χ1v) is 7.06. The van der Waals surface area contributed by atoms with Gasteiger partial charge in [0.05, 0.1) is 6.21 Å². The summed E-state index contributed by atoms with van der Waals surface area (Å²) in [7, 11) is 0. The van der Waals surface area contributed by atoms with Gasteiger partial charge in [-0.25, -0.2) is 8.78 Å². The van der Waals surface area contributed by atoms with E-state index in [1.807, 2.05) is 13.0 Å². The molecule has 0 amide bonds. The third-order valence-electron chi connectivity index (χ3n) is 2.85. The summed E-state index contributed by atoms with van der Waals surface area (Å²) in [5.74, 6) is -1.34. The van der Waals surface area contributed by atoms with Gasteiger partial charge in [-0.15, -0.1) is 0 Å². The van der Waals surface area contributed by atoms with Crippen molar-refractivity contribution in [3.05, 3.63) is 64.2 Å². The molecule has 22 heavy (non-hydrogen) atoms. The Hall–Kier alpha value is -2.05. The number of hydrazone groups is 1. The van der Waals surface area contributed by atoms with Gasteiger partial charge in [-0.05, 0) is 49.0 Å². The molecule has 0 radical (unpaired) electrons. The topological polar surface area (TPSA) is 36.4 Å². The van der Waals surface area contributed by atoms with Crippen LogP contribution in [0.25, 0.3) is 0 Å². The fraction of sp³-hybridized carbons (Fsp3) is 0.0667. The summed E-state index contributed by atoms with van der Waals surface area (Å²) in [6, 6.07) is 8.60. The van der Waals surface area contributed by atoms with Crippen LogP contribution in [-0.2, 0) is 0 Å². The minimum atomic E-state index is -0.699. The van der Waals surface area contributed by atoms with Gasteiger partial charge in [0.1, 0.15) is 11.6 Å². The van der Waals surface area contributed by atoms with E-state index in [0.29, 0.717) is 5.02 Å². The molecule has 114 valence electrons. The third kappa shape index (κ3) is 4.22. The van der Waals surface area contributed by atoms with Gasteiger partial charge in [0.15, 0.2) is 5.11 Å². The zero-order chi connectivity index (χ0) is 16.1. The maximum Gasteiger partial charge on any atom is 0.191 e. The molecule has 0 atom stereocenters. The normalized spacial score (nSPS) is 10.7. The summed E-state index contributed by atoms with van der Waals surface area (Å²) < 4.78 is 26.2. The molecule has 3 nitrogen and oxygen atoms in total. The second-order valence-electron chi connectivity index (χ2n) is 4.40. The van der Waals surface area contributed by atoms with Crippen LogP contribution in [0.1, 0.15) is 11.1 Å². The number of thiocarbonyl (C=S) groups is 1. The second-order valence-corrected chi connectivity index (χ2v) is 5.22. The number of rotatable bonds is 3. The number of nitrogens with one attached hydrogen (secondary N) is 2. The standard InChI is InChI=1S/C15H12ClF2N3S/c1-9-12(16)3-2-4-14(9)20-15(22)21-19-8-10-5-6-11(17)7-13(10)18/h2-8H,1H3,(H2,20,21,22)/b19-8+. The average molecular weight is 340 g/mol. The van der Waals surface area contributed by atoms with Crippen LogP contribution < -0.4 is 10.7 Å². The van der Waals surface area contributed by atoms with Gasteiger partial charge >= 0.3 is 0 Å². The van der Waals surface area contributed by atoms with Gasteiger partial charge in [-0.1, -0.05) is 17.7 Å². The highest BCUT2D eigenvalue weighted by Crippen LogP contribution is 2.22. The molecule has 2 aromatic rings. The summed E-state index contributed by atoms with van der Waals surface area (Å²) >= 11 is 11.1. The monoisotopic (exact) mass is 339 g/mol. The Kier molecular flexibility index (Phi) is 5.41. The lowest BCUT2D eigenvalue weighted by Crippen LogP contribution is -2.24. The van der Waals surface area contributed by atoms with E-state index in [4.69, 9.17) is 23.8 Å². The predicted molar refractivity (Wildman–Crippen MR) is 89.5 cm³/mol. The fourth-order valence-corrected chi connectivity index (χ4v) is 2.00. The Bertz CT molecular complexity index is 735. The molecule has 2 aromatic carbocycles. The minimum Gasteiger partial charge on any atom is -0.331 e. The first-order valence-electron chi connectivity index (χ1n) is 6.27. The number of hydrogen-bond donors (Lipinski definition) is 2. The van der Waals surface area contributed by atoms with Crippen LogP contribution in [0.3, 0.4) is 0 Å². The minimum absolute atomic E-state index is 0.149. The van der Waals surface area contributed by atoms with Crippen molar-refractivity contribution in [3.63, 3.8) is 0 Å². The maximum absolute atomic E-state index is 13.4. The van der Waals surface area contributed by atoms with Crippen molar-refractivity contribution in [2.45, 2.75) is 6.92 Å². The third-order valence-corrected chi connectivity index (χ3v) is 3.45. The highest BCUT2D eigenvalue weighted by molar-refractivity contribution is 7.80. The summed E-state index contributed by atoms with van der Waals surface area (Å²) in [6.45, 7) is 1.85. The lowest BCUT2D eigenvalue weighted by atomic mass is 10.2. The molecule has 0 unspecified atom stereocenters. The van der Waals surface area contributed by atoms with Crippen LogP contribution in [0.15, 0.2) is 41.5 Å². The zero-order valence-electron chi connectivity index (χ0n) is 11.5. The molecule has 0 aliphatic heterocycles. The van der Waals surface area contributed by atoms with E-state index in [1.54, 1.807) is 12.1 Å². The van der Waals surface area contributed by atoms with Gasteiger partial charge in [-0.3, -0.25) is 5.43 Å². The van der Waals surface area contributed by atoms with Crippen molar-refractivity contribution in [1.29, 1.82) is 0 Å². The quantitative estimate of drug-likeness (QED) is 0.498. The Morgan fingerprint density at radius 1 is 1.27 bits per heavy atom. The van der Waals surface area contributed by atoms with E-state index >= 15 is 0 Å². The second kappa shape index (κ2) is 7.29. The predicted octanol–water partition coefficient (Wildman–Crippen LogP) is 4.25. The van der Waals surface area contributed by atoms with Crippen molar-refractivity contribution in [2.24, 2.45) is 5.10 Å². The molecule has 0 spiro atoms. The summed E-state index contributed by atoms with van der Waals surface area (Å²) in [5.41, 5.74) is 4.30. The van der Waals surface area contributed by atoms with Gasteiger partial charge in [0.2, 0.25) is 0 Å². The number of halogens is 3. The molecular weight excluding hydrogens is 328 g/mol. The highest BCUT2D eigenvalue weighted by Gasteiger charge is 2.04. The molecule has 7 heteroatoms. The molecule has 0 aromatic heterocycles. The van der Waals surface area contributed by atoms with Crippen LogP contribution in [0.5, 0.6) is 0 Å². The van der Waals surface area contributed by atoms with E-state index < -0.39 is 11.6 Å². The molecule has 0 aliphatic carbocycles. The zero-order valence-corrected chi connectivity index (χ0v) is 13.1. The van der Waals surface area contributed by atoms with Crippen molar-refractivity contribution in [2.75, 3.05) is 5.32 Å². The van der Waals surface area contributed by atoms with E-state index in [0.717, 1.165) is 23.4 Å². The van der Waals surface area contributed by atoms with Crippen LogP contribution in [0, 0.1) is 18.6 Å². The number of benzene rings is 2. The van der Waals surface area contributed by atoms with Crippen molar-refractivity contribution in [3.8, 4) is 0 Å². The Labute approximate surface area is 137 Å². The molecular formula is C15H12ClF2N3S. The smallest absolute Gasteiger partial charge is 0.191 e. The molecule has 0 saturated heterocycles. The van der Waals surface area contributed by atoms with Crippen molar-refractivity contribution in [1.82, 2.24) is 5.43 Å². The first-order chi connectivity index (χ1) is 10.5. The fourth-order valence-electron chi connectivity index (χ4n) is 1.66. The lowest BCUT2D eigenvalue weighted by molar-refractivity contribution is 0.582. The largest absolute Gasteiger partial charge is 0.331 e. The number of anilines is 1. The first kappa shape index (κ1) is 16.3. The maximum atomic E-state index is 13.4. The van der Waals surface area contributed by atoms with Crippen LogP contribution in [0.2, 0.25) is 5.02 Å². The molecule has 0 bridgehead atoms. The summed E-state index contributed by atoms with van der Waals surface area (Å²) in [4.78, 5) is 0. The van der Waals surface area contributed by atoms with Crippen LogP contribution >= 0.6 is 23.8 Å². The Balaban J connectivity index is 1.98. The SMILES string of the molecule is Cc1c(Cl)cccc1NC(=S)N/N=C/c1ccc(F)cc1F. The summed E-state index contributed by atoms with van der Waals surface area (Å²) in [5, 5.41) is 7.58. The number of hydrogen-bond acceptors (Lipinski definition) is 2. The van der Waals surface area contributed by atoms with Gasteiger partial charge in [0, 0.05) is 22.3 Å². The van der Waals surface area contributed by atoms with Gasteiger partial charge in [-0.2, -0.15) is 5.10 Å². The lowest BCUT2D eigenvalue weighted by Gasteiger charge is -2.10. The number of nitrogens with zero attached hydrogens (tertiary/aromatic N) is 1. The molecule has 0 aliphatic rings. The highest BCUT2D eigenvalue weighted by atomic mass is 35.5. The van der Waals surface area contributed by atoms with E-state index in [9.17, 15) is 8.78 Å². The van der Waals surface area contributed by atoms with Crippen LogP contribution in [-0.4, -0.2) is 11.3 Å². The molecule has 0 fully saturated rings.